The minimum absolute atomic E-state index is 0.236. The summed E-state index contributed by atoms with van der Waals surface area (Å²) in [6.07, 6.45) is 6.34. The zero-order valence-electron chi connectivity index (χ0n) is 11.1. The van der Waals surface area contributed by atoms with Crippen molar-refractivity contribution in [2.75, 3.05) is 33.2 Å². The van der Waals surface area contributed by atoms with Crippen molar-refractivity contribution in [2.45, 2.75) is 18.4 Å². The van der Waals surface area contributed by atoms with E-state index in [1.807, 2.05) is 18.3 Å². The smallest absolute Gasteiger partial charge is 0.0636 e. The number of aromatic nitrogens is 1. The van der Waals surface area contributed by atoms with Crippen molar-refractivity contribution in [1.82, 2.24) is 14.8 Å². The van der Waals surface area contributed by atoms with Gasteiger partial charge >= 0.3 is 0 Å². The van der Waals surface area contributed by atoms with E-state index < -0.39 is 0 Å². The standard InChI is InChI=1S/C15H21N3/c1-3-13-4-7-16-14(12-13)15(5-6-15)18-10-8-17(2)9-11-18/h3-4,7,12H,1,5-6,8-11H2,2H3. The van der Waals surface area contributed by atoms with Gasteiger partial charge in [-0.2, -0.15) is 0 Å². The molecule has 3 nitrogen and oxygen atoms in total. The van der Waals surface area contributed by atoms with Crippen molar-refractivity contribution >= 4 is 6.08 Å². The van der Waals surface area contributed by atoms with Crippen LogP contribution in [0.5, 0.6) is 0 Å². The first kappa shape index (κ1) is 11.9. The molecule has 0 amide bonds. The number of pyridine rings is 1. The Morgan fingerprint density at radius 2 is 2.00 bits per heavy atom. The predicted octanol–water partition coefficient (Wildman–Crippen LogP) is 1.96. The molecule has 3 rings (SSSR count). The molecule has 3 heteroatoms. The summed E-state index contributed by atoms with van der Waals surface area (Å²) in [5.74, 6) is 0. The van der Waals surface area contributed by atoms with E-state index in [-0.39, 0.29) is 5.54 Å². The molecule has 0 N–H and O–H groups in total. The third-order valence-electron chi connectivity index (χ3n) is 4.33. The second-order valence-electron chi connectivity index (χ2n) is 5.50. The van der Waals surface area contributed by atoms with Gasteiger partial charge in [-0.15, -0.1) is 0 Å². The highest BCUT2D eigenvalue weighted by Gasteiger charge is 2.50. The van der Waals surface area contributed by atoms with Gasteiger partial charge in [0.2, 0.25) is 0 Å². The van der Waals surface area contributed by atoms with Crippen molar-refractivity contribution in [1.29, 1.82) is 0 Å². The maximum absolute atomic E-state index is 4.61. The first-order chi connectivity index (χ1) is 8.74. The Morgan fingerprint density at radius 1 is 1.28 bits per heavy atom. The largest absolute Gasteiger partial charge is 0.304 e. The lowest BCUT2D eigenvalue weighted by molar-refractivity contribution is 0.0954. The summed E-state index contributed by atoms with van der Waals surface area (Å²) in [4.78, 5) is 9.64. The lowest BCUT2D eigenvalue weighted by atomic mass is 10.1. The van der Waals surface area contributed by atoms with Gasteiger partial charge in [0, 0.05) is 32.4 Å². The summed E-state index contributed by atoms with van der Waals surface area (Å²) in [7, 11) is 2.20. The number of piperazine rings is 1. The third-order valence-corrected chi connectivity index (χ3v) is 4.33. The number of likely N-dealkylation sites (N-methyl/N-ethyl adjacent to an activating group) is 1. The molecule has 1 aromatic heterocycles. The molecular formula is C15H21N3. The summed E-state index contributed by atoms with van der Waals surface area (Å²) < 4.78 is 0. The van der Waals surface area contributed by atoms with E-state index in [1.165, 1.54) is 37.2 Å². The fraction of sp³-hybridized carbons (Fsp3) is 0.533. The van der Waals surface area contributed by atoms with Crippen LogP contribution in [0, 0.1) is 0 Å². The summed E-state index contributed by atoms with van der Waals surface area (Å²) in [6, 6.07) is 4.23. The second-order valence-corrected chi connectivity index (χ2v) is 5.50. The molecule has 1 saturated carbocycles. The fourth-order valence-corrected chi connectivity index (χ4v) is 2.92. The average molecular weight is 243 g/mol. The summed E-state index contributed by atoms with van der Waals surface area (Å²) in [5, 5.41) is 0. The molecule has 2 fully saturated rings. The molecule has 96 valence electrons. The minimum atomic E-state index is 0.236. The van der Waals surface area contributed by atoms with Crippen LogP contribution >= 0.6 is 0 Å². The van der Waals surface area contributed by atoms with E-state index in [4.69, 9.17) is 0 Å². The summed E-state index contributed by atoms with van der Waals surface area (Å²) >= 11 is 0. The molecule has 0 aromatic carbocycles. The Hall–Kier alpha value is -1.19. The number of hydrogen-bond acceptors (Lipinski definition) is 3. The highest BCUT2D eigenvalue weighted by molar-refractivity contribution is 5.47. The summed E-state index contributed by atoms with van der Waals surface area (Å²) in [5.41, 5.74) is 2.66. The van der Waals surface area contributed by atoms with Crippen LogP contribution in [0.4, 0.5) is 0 Å². The maximum Gasteiger partial charge on any atom is 0.0636 e. The van der Waals surface area contributed by atoms with Crippen LogP contribution in [0.1, 0.15) is 24.1 Å². The van der Waals surface area contributed by atoms with Crippen LogP contribution in [0.15, 0.2) is 24.9 Å². The van der Waals surface area contributed by atoms with Crippen LogP contribution < -0.4 is 0 Å². The van der Waals surface area contributed by atoms with Crippen LogP contribution in [0.25, 0.3) is 6.08 Å². The van der Waals surface area contributed by atoms with Crippen molar-refractivity contribution in [2.24, 2.45) is 0 Å². The SMILES string of the molecule is C=Cc1ccnc(C2(N3CCN(C)CC3)CC2)c1. The normalized spacial score (nSPS) is 23.8. The number of hydrogen-bond donors (Lipinski definition) is 0. The average Bonchev–Trinajstić information content (AvgIpc) is 3.21. The van der Waals surface area contributed by atoms with Gasteiger partial charge in [0.05, 0.1) is 11.2 Å². The van der Waals surface area contributed by atoms with Crippen molar-refractivity contribution < 1.29 is 0 Å². The molecule has 1 aliphatic heterocycles. The molecule has 1 aliphatic carbocycles. The highest BCUT2D eigenvalue weighted by atomic mass is 15.3. The molecule has 0 spiro atoms. The zero-order chi connectivity index (χ0) is 12.6. The van der Waals surface area contributed by atoms with Crippen molar-refractivity contribution in [3.63, 3.8) is 0 Å². The van der Waals surface area contributed by atoms with Gasteiger partial charge in [-0.25, -0.2) is 0 Å². The topological polar surface area (TPSA) is 19.4 Å². The van der Waals surface area contributed by atoms with E-state index in [1.54, 1.807) is 0 Å². The van der Waals surface area contributed by atoms with Gasteiger partial charge in [-0.3, -0.25) is 9.88 Å². The highest BCUT2D eigenvalue weighted by Crippen LogP contribution is 2.50. The fourth-order valence-electron chi connectivity index (χ4n) is 2.92. The van der Waals surface area contributed by atoms with Gasteiger partial charge in [0.15, 0.2) is 0 Å². The Balaban J connectivity index is 1.83. The van der Waals surface area contributed by atoms with Gasteiger partial charge in [0.1, 0.15) is 0 Å². The molecule has 0 radical (unpaired) electrons. The van der Waals surface area contributed by atoms with Gasteiger partial charge < -0.3 is 4.90 Å². The molecule has 0 atom stereocenters. The monoisotopic (exact) mass is 243 g/mol. The van der Waals surface area contributed by atoms with Crippen LogP contribution in [-0.2, 0) is 5.54 Å². The maximum atomic E-state index is 4.61. The van der Waals surface area contributed by atoms with Gasteiger partial charge in [0.25, 0.3) is 0 Å². The lowest BCUT2D eigenvalue weighted by Crippen LogP contribution is -2.49. The molecule has 1 aromatic rings. The quantitative estimate of drug-likeness (QED) is 0.809. The van der Waals surface area contributed by atoms with E-state index >= 15 is 0 Å². The van der Waals surface area contributed by atoms with E-state index in [2.05, 4.69) is 34.5 Å². The molecule has 2 aliphatic rings. The molecule has 0 bridgehead atoms. The molecule has 2 heterocycles. The Morgan fingerprint density at radius 3 is 2.61 bits per heavy atom. The minimum Gasteiger partial charge on any atom is -0.304 e. The van der Waals surface area contributed by atoms with Crippen LogP contribution in [0.3, 0.4) is 0 Å². The van der Waals surface area contributed by atoms with Crippen molar-refractivity contribution in [3.8, 4) is 0 Å². The van der Waals surface area contributed by atoms with Gasteiger partial charge in [-0.1, -0.05) is 12.7 Å². The number of nitrogens with zero attached hydrogens (tertiary/aromatic N) is 3. The Kier molecular flexibility index (Phi) is 2.96. The van der Waals surface area contributed by atoms with E-state index in [0.29, 0.717) is 0 Å². The Labute approximate surface area is 109 Å². The molecular weight excluding hydrogens is 222 g/mol. The van der Waals surface area contributed by atoms with E-state index in [9.17, 15) is 0 Å². The first-order valence-electron chi connectivity index (χ1n) is 6.77. The van der Waals surface area contributed by atoms with Crippen LogP contribution in [-0.4, -0.2) is 48.0 Å². The predicted molar refractivity (Wildman–Crippen MR) is 74.3 cm³/mol. The summed E-state index contributed by atoms with van der Waals surface area (Å²) in [6.45, 7) is 8.51. The lowest BCUT2D eigenvalue weighted by Gasteiger charge is -2.38. The first-order valence-corrected chi connectivity index (χ1v) is 6.77. The second kappa shape index (κ2) is 4.48. The van der Waals surface area contributed by atoms with Crippen molar-refractivity contribution in [3.05, 3.63) is 36.2 Å². The van der Waals surface area contributed by atoms with E-state index in [0.717, 1.165) is 13.1 Å². The molecule has 0 unspecified atom stereocenters. The third kappa shape index (κ3) is 1.98. The zero-order valence-corrected chi connectivity index (χ0v) is 11.1. The molecule has 18 heavy (non-hydrogen) atoms. The number of rotatable bonds is 3. The van der Waals surface area contributed by atoms with Crippen LogP contribution in [0.2, 0.25) is 0 Å². The molecule has 1 saturated heterocycles. The Bertz CT molecular complexity index is 443. The van der Waals surface area contributed by atoms with Gasteiger partial charge in [-0.05, 0) is 37.6 Å².